The fraction of sp³-hybridized carbons (Fsp3) is 0.406. The van der Waals surface area contributed by atoms with E-state index < -0.39 is 0 Å². The van der Waals surface area contributed by atoms with Crippen LogP contribution in [0.2, 0.25) is 0 Å². The van der Waals surface area contributed by atoms with Gasteiger partial charge in [0.15, 0.2) is 0 Å². The molecule has 4 aromatic rings. The molecule has 1 fully saturated rings. The first-order valence-electron chi connectivity index (χ1n) is 14.0. The number of hydrogen-bond acceptors (Lipinski definition) is 3. The van der Waals surface area contributed by atoms with Gasteiger partial charge in [0, 0.05) is 54.7 Å². The van der Waals surface area contributed by atoms with E-state index >= 15 is 0 Å². The van der Waals surface area contributed by atoms with E-state index in [2.05, 4.69) is 57.5 Å². The summed E-state index contributed by atoms with van der Waals surface area (Å²) in [4.78, 5) is 22.2. The van der Waals surface area contributed by atoms with Crippen LogP contribution in [0.15, 0.2) is 79.4 Å². The Morgan fingerprint density at radius 3 is 2.49 bits per heavy atom. The van der Waals surface area contributed by atoms with E-state index in [-0.39, 0.29) is 11.8 Å². The van der Waals surface area contributed by atoms with Crippen molar-refractivity contribution in [2.45, 2.75) is 70.9 Å². The molecule has 1 atom stereocenters. The van der Waals surface area contributed by atoms with Gasteiger partial charge in [0.2, 0.25) is 5.91 Å². The lowest BCUT2D eigenvalue weighted by Gasteiger charge is -2.25. The van der Waals surface area contributed by atoms with Crippen LogP contribution in [0.5, 0.6) is 0 Å². The van der Waals surface area contributed by atoms with Crippen molar-refractivity contribution in [1.29, 1.82) is 0 Å². The Labute approximate surface area is 220 Å². The highest BCUT2D eigenvalue weighted by atomic mass is 16.1. The molecule has 0 saturated heterocycles. The van der Waals surface area contributed by atoms with Gasteiger partial charge in [-0.25, -0.2) is 4.98 Å². The first-order chi connectivity index (χ1) is 18.3. The van der Waals surface area contributed by atoms with Crippen LogP contribution in [0.1, 0.15) is 63.4 Å². The number of benzene rings is 1. The first kappa shape index (κ1) is 25.2. The fourth-order valence-corrected chi connectivity index (χ4v) is 5.90. The third-order valence-electron chi connectivity index (χ3n) is 7.90. The maximum Gasteiger partial charge on any atom is 0.223 e. The molecule has 3 heterocycles. The normalized spacial score (nSPS) is 15.4. The second-order valence-corrected chi connectivity index (χ2v) is 10.4. The molecule has 1 aliphatic carbocycles. The van der Waals surface area contributed by atoms with Gasteiger partial charge in [0.1, 0.15) is 5.65 Å². The van der Waals surface area contributed by atoms with Gasteiger partial charge in [-0.1, -0.05) is 62.4 Å². The highest BCUT2D eigenvalue weighted by molar-refractivity contribution is 5.94. The monoisotopic (exact) mass is 494 g/mol. The summed E-state index contributed by atoms with van der Waals surface area (Å²) in [7, 11) is 0. The molecule has 0 spiro atoms. The maximum absolute atomic E-state index is 13.4. The zero-order chi connectivity index (χ0) is 25.3. The number of nitrogens with one attached hydrogen (secondary N) is 1. The topological polar surface area (TPSA) is 59.8 Å². The molecule has 3 aromatic heterocycles. The third-order valence-corrected chi connectivity index (χ3v) is 7.90. The first-order valence-corrected chi connectivity index (χ1v) is 14.0. The number of amides is 1. The van der Waals surface area contributed by atoms with E-state index in [1.165, 1.54) is 55.0 Å². The van der Waals surface area contributed by atoms with Gasteiger partial charge >= 0.3 is 0 Å². The zero-order valence-corrected chi connectivity index (χ0v) is 21.7. The average molecular weight is 495 g/mol. The molecular weight excluding hydrogens is 456 g/mol. The van der Waals surface area contributed by atoms with Crippen LogP contribution in [0.4, 0.5) is 0 Å². The Hall–Kier alpha value is -3.47. The summed E-state index contributed by atoms with van der Waals surface area (Å²) in [6.07, 6.45) is 18.2. The number of carbonyl (C=O) groups excluding carboxylic acids is 1. The number of pyridine rings is 2. The Kier molecular flexibility index (Phi) is 8.62. The zero-order valence-electron chi connectivity index (χ0n) is 21.7. The molecule has 5 rings (SSSR count). The molecule has 1 N–H and O–H groups in total. The lowest BCUT2D eigenvalue weighted by atomic mass is 9.82. The van der Waals surface area contributed by atoms with Gasteiger partial charge in [-0.2, -0.15) is 0 Å². The SMILES string of the molecule is O=C(NCc1ccncc1)C(CCCCn1cc(-c2ccccc2)c2cccnc21)C1CCCCCC1. The van der Waals surface area contributed by atoms with Crippen molar-refractivity contribution in [3.05, 3.63) is 84.9 Å². The Bertz CT molecular complexity index is 1260. The van der Waals surface area contributed by atoms with Crippen molar-refractivity contribution in [2.75, 3.05) is 0 Å². The number of hydrogen-bond donors (Lipinski definition) is 1. The molecule has 5 nitrogen and oxygen atoms in total. The van der Waals surface area contributed by atoms with E-state index in [0.29, 0.717) is 12.5 Å². The van der Waals surface area contributed by atoms with Crippen LogP contribution in [-0.4, -0.2) is 20.4 Å². The minimum Gasteiger partial charge on any atom is -0.352 e. The summed E-state index contributed by atoms with van der Waals surface area (Å²) in [6.45, 7) is 1.49. The molecule has 192 valence electrons. The van der Waals surface area contributed by atoms with Gasteiger partial charge in [-0.3, -0.25) is 9.78 Å². The van der Waals surface area contributed by atoms with Crippen LogP contribution in [-0.2, 0) is 17.9 Å². The van der Waals surface area contributed by atoms with Crippen molar-refractivity contribution in [3.8, 4) is 11.1 Å². The van der Waals surface area contributed by atoms with Gasteiger partial charge in [0.25, 0.3) is 0 Å². The molecule has 37 heavy (non-hydrogen) atoms. The molecular formula is C32H38N4O. The van der Waals surface area contributed by atoms with E-state index in [1.807, 2.05) is 24.4 Å². The number of carbonyl (C=O) groups is 1. The number of nitrogens with zero attached hydrogens (tertiary/aromatic N) is 3. The van der Waals surface area contributed by atoms with Crippen LogP contribution in [0, 0.1) is 11.8 Å². The van der Waals surface area contributed by atoms with Crippen molar-refractivity contribution in [1.82, 2.24) is 19.9 Å². The Balaban J connectivity index is 1.24. The highest BCUT2D eigenvalue weighted by Gasteiger charge is 2.28. The van der Waals surface area contributed by atoms with Gasteiger partial charge in [-0.05, 0) is 67.0 Å². The molecule has 5 heteroatoms. The quantitative estimate of drug-likeness (QED) is 0.188. The van der Waals surface area contributed by atoms with Gasteiger partial charge in [0.05, 0.1) is 0 Å². The standard InChI is InChI=1S/C32H38N4O/c37-32(35-23-25-17-20-33-21-18-25)28(26-11-4-1-2-5-12-26)15-8-9-22-36-24-30(27-13-6-3-7-14-27)29-16-10-19-34-31(29)36/h3,6-7,10,13-14,16-21,24,26,28H,1-2,4-5,8-9,11-12,15,22-23H2,(H,35,37). The predicted molar refractivity (Wildman–Crippen MR) is 150 cm³/mol. The molecule has 1 saturated carbocycles. The largest absolute Gasteiger partial charge is 0.352 e. The molecule has 0 radical (unpaired) electrons. The lowest BCUT2D eigenvalue weighted by molar-refractivity contribution is -0.127. The van der Waals surface area contributed by atoms with E-state index in [9.17, 15) is 4.79 Å². The summed E-state index contributed by atoms with van der Waals surface area (Å²) in [5.41, 5.74) is 4.59. The van der Waals surface area contributed by atoms with Crippen molar-refractivity contribution < 1.29 is 4.79 Å². The third kappa shape index (κ3) is 6.46. The predicted octanol–water partition coefficient (Wildman–Crippen LogP) is 7.17. The van der Waals surface area contributed by atoms with E-state index in [1.54, 1.807) is 12.4 Å². The van der Waals surface area contributed by atoms with E-state index in [4.69, 9.17) is 4.98 Å². The summed E-state index contributed by atoms with van der Waals surface area (Å²) in [5, 5.41) is 4.43. The fourth-order valence-electron chi connectivity index (χ4n) is 5.90. The van der Waals surface area contributed by atoms with Crippen molar-refractivity contribution >= 4 is 16.9 Å². The van der Waals surface area contributed by atoms with Gasteiger partial charge in [-0.15, -0.1) is 0 Å². The summed E-state index contributed by atoms with van der Waals surface area (Å²) < 4.78 is 2.29. The summed E-state index contributed by atoms with van der Waals surface area (Å²) in [5.74, 6) is 0.821. The molecule has 1 aliphatic rings. The van der Waals surface area contributed by atoms with Crippen molar-refractivity contribution in [2.24, 2.45) is 11.8 Å². The average Bonchev–Trinajstić information content (AvgIpc) is 3.11. The maximum atomic E-state index is 13.4. The lowest BCUT2D eigenvalue weighted by Crippen LogP contribution is -2.34. The second kappa shape index (κ2) is 12.7. The molecule has 0 aliphatic heterocycles. The Morgan fingerprint density at radius 1 is 0.919 bits per heavy atom. The minimum absolute atomic E-state index is 0.0966. The highest BCUT2D eigenvalue weighted by Crippen LogP contribution is 2.33. The molecule has 1 amide bonds. The van der Waals surface area contributed by atoms with Gasteiger partial charge < -0.3 is 9.88 Å². The van der Waals surface area contributed by atoms with Crippen LogP contribution < -0.4 is 5.32 Å². The summed E-state index contributed by atoms with van der Waals surface area (Å²) in [6, 6.07) is 18.7. The summed E-state index contributed by atoms with van der Waals surface area (Å²) >= 11 is 0. The number of unbranched alkanes of at least 4 members (excludes halogenated alkanes) is 1. The van der Waals surface area contributed by atoms with Crippen molar-refractivity contribution in [3.63, 3.8) is 0 Å². The smallest absolute Gasteiger partial charge is 0.223 e. The van der Waals surface area contributed by atoms with Crippen LogP contribution >= 0.6 is 0 Å². The number of aromatic nitrogens is 3. The van der Waals surface area contributed by atoms with E-state index in [0.717, 1.165) is 37.0 Å². The number of rotatable bonds is 10. The van der Waals surface area contributed by atoms with Crippen LogP contribution in [0.25, 0.3) is 22.2 Å². The number of fused-ring (bicyclic) bond motifs is 1. The Morgan fingerprint density at radius 2 is 1.70 bits per heavy atom. The van der Waals surface area contributed by atoms with Crippen LogP contribution in [0.3, 0.4) is 0 Å². The second-order valence-electron chi connectivity index (χ2n) is 10.4. The molecule has 0 bridgehead atoms. The minimum atomic E-state index is 0.0966. The number of aryl methyl sites for hydroxylation is 1. The molecule has 1 unspecified atom stereocenters. The molecule has 1 aromatic carbocycles.